The van der Waals surface area contributed by atoms with Gasteiger partial charge in [-0.1, -0.05) is 25.8 Å². The van der Waals surface area contributed by atoms with E-state index in [-0.39, 0.29) is 11.6 Å². The van der Waals surface area contributed by atoms with E-state index in [1.54, 1.807) is 6.92 Å². The van der Waals surface area contributed by atoms with Gasteiger partial charge >= 0.3 is 5.97 Å². The van der Waals surface area contributed by atoms with Crippen molar-refractivity contribution in [3.05, 3.63) is 12.2 Å². The number of esters is 1. The Balaban J connectivity index is 1.63. The van der Waals surface area contributed by atoms with Gasteiger partial charge in [-0.2, -0.15) is 0 Å². The first kappa shape index (κ1) is 15.7. The average molecular weight is 316 g/mol. The molecule has 1 spiro atoms. The highest BCUT2D eigenvalue weighted by molar-refractivity contribution is 5.87. The first-order valence-corrected chi connectivity index (χ1v) is 9.91. The van der Waals surface area contributed by atoms with E-state index in [1.165, 1.54) is 64.2 Å². The van der Waals surface area contributed by atoms with Crippen molar-refractivity contribution in [2.24, 2.45) is 23.2 Å². The zero-order valence-corrected chi connectivity index (χ0v) is 14.7. The molecule has 0 radical (unpaired) electrons. The van der Waals surface area contributed by atoms with E-state index >= 15 is 0 Å². The topological polar surface area (TPSA) is 26.3 Å². The Morgan fingerprint density at radius 3 is 2.39 bits per heavy atom. The van der Waals surface area contributed by atoms with E-state index < -0.39 is 0 Å². The molecule has 23 heavy (non-hydrogen) atoms. The summed E-state index contributed by atoms with van der Waals surface area (Å²) in [6, 6.07) is 0. The van der Waals surface area contributed by atoms with Gasteiger partial charge < -0.3 is 4.74 Å². The monoisotopic (exact) mass is 316 g/mol. The lowest BCUT2D eigenvalue weighted by Crippen LogP contribution is -2.51. The van der Waals surface area contributed by atoms with Crippen molar-refractivity contribution in [1.82, 2.24) is 0 Å². The van der Waals surface area contributed by atoms with Crippen LogP contribution in [0.4, 0.5) is 0 Å². The van der Waals surface area contributed by atoms with E-state index in [9.17, 15) is 4.79 Å². The van der Waals surface area contributed by atoms with Crippen LogP contribution in [0.1, 0.15) is 84.0 Å². The maximum absolute atomic E-state index is 12.5. The van der Waals surface area contributed by atoms with Crippen LogP contribution in [0.3, 0.4) is 0 Å². The number of carbonyl (C=O) groups excluding carboxylic acids is 1. The molecule has 4 unspecified atom stereocenters. The molecule has 0 aromatic heterocycles. The maximum Gasteiger partial charge on any atom is 0.333 e. The Bertz CT molecular complexity index is 502. The number of rotatable bonds is 3. The second-order valence-corrected chi connectivity index (χ2v) is 9.25. The number of hydrogen-bond donors (Lipinski definition) is 0. The van der Waals surface area contributed by atoms with Crippen molar-refractivity contribution < 1.29 is 9.53 Å². The summed E-state index contributed by atoms with van der Waals surface area (Å²) in [5.74, 6) is 2.21. The fourth-order valence-corrected chi connectivity index (χ4v) is 6.77. The van der Waals surface area contributed by atoms with Gasteiger partial charge in [-0.05, 0) is 82.0 Å². The van der Waals surface area contributed by atoms with Crippen LogP contribution >= 0.6 is 0 Å². The van der Waals surface area contributed by atoms with Gasteiger partial charge in [-0.3, -0.25) is 0 Å². The minimum atomic E-state index is -0.168. The molecule has 4 saturated carbocycles. The first-order valence-electron chi connectivity index (χ1n) is 9.91. The van der Waals surface area contributed by atoms with E-state index in [0.717, 1.165) is 24.7 Å². The van der Waals surface area contributed by atoms with Gasteiger partial charge in [0.25, 0.3) is 0 Å². The van der Waals surface area contributed by atoms with Crippen molar-refractivity contribution in [2.45, 2.75) is 89.6 Å². The number of fused-ring (bicyclic) bond motifs is 2. The number of carbonyl (C=O) groups is 1. The molecule has 4 aliphatic rings. The van der Waals surface area contributed by atoms with Crippen LogP contribution in [0.2, 0.25) is 0 Å². The summed E-state index contributed by atoms with van der Waals surface area (Å²) >= 11 is 0. The Morgan fingerprint density at radius 1 is 1.04 bits per heavy atom. The third-order valence-corrected chi connectivity index (χ3v) is 7.70. The minimum absolute atomic E-state index is 0.136. The fraction of sp³-hybridized carbons (Fsp3) is 0.857. The van der Waals surface area contributed by atoms with Crippen molar-refractivity contribution in [2.75, 3.05) is 0 Å². The molecule has 2 nitrogen and oxygen atoms in total. The predicted octanol–water partition coefficient (Wildman–Crippen LogP) is 5.42. The standard InChI is InChI=1S/C21H32O2/c1-15(2)19(22)23-21(18-13-16-6-7-17(18)12-16)11-5-10-20(14-21)8-3-4-9-20/h16-18H,1,3-14H2,2H3. The summed E-state index contributed by atoms with van der Waals surface area (Å²) in [5.41, 5.74) is 0.882. The number of hydrogen-bond acceptors (Lipinski definition) is 2. The van der Waals surface area contributed by atoms with Gasteiger partial charge in [0.15, 0.2) is 0 Å². The zero-order chi connectivity index (χ0) is 16.1. The van der Waals surface area contributed by atoms with Gasteiger partial charge in [0.05, 0.1) is 0 Å². The molecule has 4 rings (SSSR count). The van der Waals surface area contributed by atoms with Crippen molar-refractivity contribution in [3.63, 3.8) is 0 Å². The highest BCUT2D eigenvalue weighted by Gasteiger charge is 2.57. The lowest BCUT2D eigenvalue weighted by Gasteiger charge is -2.51. The van der Waals surface area contributed by atoms with Crippen LogP contribution in [0, 0.1) is 23.2 Å². The third-order valence-electron chi connectivity index (χ3n) is 7.70. The Kier molecular flexibility index (Phi) is 3.85. The first-order chi connectivity index (χ1) is 11.0. The molecule has 0 aromatic rings. The zero-order valence-electron chi connectivity index (χ0n) is 14.7. The van der Waals surface area contributed by atoms with Crippen molar-refractivity contribution in [1.29, 1.82) is 0 Å². The van der Waals surface area contributed by atoms with Crippen LogP contribution in [-0.2, 0) is 9.53 Å². The van der Waals surface area contributed by atoms with Gasteiger partial charge in [-0.15, -0.1) is 0 Å². The summed E-state index contributed by atoms with van der Waals surface area (Å²) in [4.78, 5) is 12.5. The maximum atomic E-state index is 12.5. The number of ether oxygens (including phenoxy) is 1. The molecule has 0 aliphatic heterocycles. The minimum Gasteiger partial charge on any atom is -0.455 e. The van der Waals surface area contributed by atoms with Crippen molar-refractivity contribution in [3.8, 4) is 0 Å². The van der Waals surface area contributed by atoms with Gasteiger partial charge in [0.1, 0.15) is 5.60 Å². The summed E-state index contributed by atoms with van der Waals surface area (Å²) < 4.78 is 6.33. The largest absolute Gasteiger partial charge is 0.455 e. The molecule has 0 N–H and O–H groups in total. The SMILES string of the molecule is C=C(C)C(=O)OC1(C2CC3CCC2C3)CCCC2(CCCC2)C1. The average Bonchev–Trinajstić information content (AvgIpc) is 3.24. The van der Waals surface area contributed by atoms with E-state index in [2.05, 4.69) is 6.58 Å². The molecule has 0 saturated heterocycles. The highest BCUT2D eigenvalue weighted by Crippen LogP contribution is 2.61. The predicted molar refractivity (Wildman–Crippen MR) is 91.9 cm³/mol. The van der Waals surface area contributed by atoms with Crippen LogP contribution in [0.25, 0.3) is 0 Å². The smallest absolute Gasteiger partial charge is 0.333 e. The lowest BCUT2D eigenvalue weighted by atomic mass is 9.60. The summed E-state index contributed by atoms with van der Waals surface area (Å²) in [6.07, 6.45) is 15.8. The second-order valence-electron chi connectivity index (χ2n) is 9.25. The summed E-state index contributed by atoms with van der Waals surface area (Å²) in [6.45, 7) is 5.64. The fourth-order valence-electron chi connectivity index (χ4n) is 6.77. The molecule has 0 amide bonds. The molecule has 128 valence electrons. The summed E-state index contributed by atoms with van der Waals surface area (Å²) in [7, 11) is 0. The molecule has 2 bridgehead atoms. The summed E-state index contributed by atoms with van der Waals surface area (Å²) in [5, 5.41) is 0. The molecule has 4 fully saturated rings. The Morgan fingerprint density at radius 2 is 1.78 bits per heavy atom. The molecule has 0 heterocycles. The quantitative estimate of drug-likeness (QED) is 0.513. The Labute approximate surface area is 141 Å². The van der Waals surface area contributed by atoms with Crippen LogP contribution in [-0.4, -0.2) is 11.6 Å². The molecular formula is C21H32O2. The lowest BCUT2D eigenvalue weighted by molar-refractivity contribution is -0.178. The molecule has 4 aliphatic carbocycles. The highest BCUT2D eigenvalue weighted by atomic mass is 16.6. The van der Waals surface area contributed by atoms with Gasteiger partial charge in [0.2, 0.25) is 0 Å². The van der Waals surface area contributed by atoms with E-state index in [4.69, 9.17) is 4.74 Å². The molecule has 4 atom stereocenters. The molecular weight excluding hydrogens is 284 g/mol. The molecule has 2 heteroatoms. The van der Waals surface area contributed by atoms with Crippen molar-refractivity contribution >= 4 is 5.97 Å². The Hall–Kier alpha value is -0.790. The second kappa shape index (κ2) is 5.63. The van der Waals surface area contributed by atoms with Crippen LogP contribution in [0.15, 0.2) is 12.2 Å². The van der Waals surface area contributed by atoms with Gasteiger partial charge in [-0.25, -0.2) is 4.79 Å². The third kappa shape index (κ3) is 2.66. The normalized spacial score (nSPS) is 41.3. The van der Waals surface area contributed by atoms with E-state index in [0.29, 0.717) is 16.9 Å². The van der Waals surface area contributed by atoms with Crippen LogP contribution < -0.4 is 0 Å². The molecule has 0 aromatic carbocycles. The van der Waals surface area contributed by atoms with Gasteiger partial charge in [0, 0.05) is 11.5 Å². The van der Waals surface area contributed by atoms with E-state index in [1.807, 2.05) is 0 Å². The van der Waals surface area contributed by atoms with Crippen LogP contribution in [0.5, 0.6) is 0 Å².